The van der Waals surface area contributed by atoms with Crippen molar-refractivity contribution in [3.63, 3.8) is 0 Å². The maximum atomic E-state index is 10.9. The molecule has 4 heteroatoms. The summed E-state index contributed by atoms with van der Waals surface area (Å²) in [5.74, 6) is -0.682. The van der Waals surface area contributed by atoms with E-state index in [1.165, 1.54) is 6.92 Å². The molecule has 2 aromatic carbocycles. The van der Waals surface area contributed by atoms with Crippen molar-refractivity contribution < 1.29 is 9.59 Å². The third-order valence-corrected chi connectivity index (χ3v) is 2.86. The average Bonchev–Trinajstić information content (AvgIpc) is 2.57. The summed E-state index contributed by atoms with van der Waals surface area (Å²) in [6, 6.07) is 19.6. The van der Waals surface area contributed by atoms with E-state index in [0.717, 1.165) is 5.56 Å². The minimum absolute atomic E-state index is 0.0675. The molecule has 2 rings (SSSR count). The van der Waals surface area contributed by atoms with Gasteiger partial charge in [-0.05, 0) is 18.6 Å². The van der Waals surface area contributed by atoms with Crippen LogP contribution in [0.5, 0.6) is 0 Å². The molecule has 0 N–H and O–H groups in total. The second-order valence-corrected chi connectivity index (χ2v) is 4.37. The number of rotatable bonds is 3. The third kappa shape index (κ3) is 4.70. The van der Waals surface area contributed by atoms with Crippen LogP contribution in [-0.2, 0) is 4.79 Å². The van der Waals surface area contributed by atoms with Gasteiger partial charge in [-0.25, -0.2) is 0 Å². The van der Waals surface area contributed by atoms with Gasteiger partial charge >= 0.3 is 0 Å². The Kier molecular flexibility index (Phi) is 6.75. The Morgan fingerprint density at radius 1 is 1.05 bits per heavy atom. The SMILES string of the molecule is CC(=O)c1ccccc1C#N.N#CC(C=O)c1ccccc1. The summed E-state index contributed by atoms with van der Waals surface area (Å²) < 4.78 is 0. The highest BCUT2D eigenvalue weighted by atomic mass is 16.1. The molecule has 1 unspecified atom stereocenters. The maximum Gasteiger partial charge on any atom is 0.161 e. The van der Waals surface area contributed by atoms with E-state index in [1.54, 1.807) is 36.4 Å². The van der Waals surface area contributed by atoms with Gasteiger partial charge < -0.3 is 4.79 Å². The molecule has 2 aromatic rings. The molecular weight excluding hydrogens is 276 g/mol. The molecule has 0 aromatic heterocycles. The van der Waals surface area contributed by atoms with Gasteiger partial charge in [0.1, 0.15) is 12.2 Å². The fourth-order valence-corrected chi connectivity index (χ4v) is 1.73. The monoisotopic (exact) mass is 290 g/mol. The zero-order valence-corrected chi connectivity index (χ0v) is 12.1. The third-order valence-electron chi connectivity index (χ3n) is 2.86. The van der Waals surface area contributed by atoms with E-state index in [9.17, 15) is 9.59 Å². The Morgan fingerprint density at radius 2 is 1.64 bits per heavy atom. The van der Waals surface area contributed by atoms with E-state index in [-0.39, 0.29) is 5.78 Å². The lowest BCUT2D eigenvalue weighted by molar-refractivity contribution is -0.108. The van der Waals surface area contributed by atoms with Crippen LogP contribution in [0.3, 0.4) is 0 Å². The lowest BCUT2D eigenvalue weighted by atomic mass is 10.0. The largest absolute Gasteiger partial charge is 0.302 e. The molecule has 108 valence electrons. The van der Waals surface area contributed by atoms with Crippen LogP contribution < -0.4 is 0 Å². The van der Waals surface area contributed by atoms with Crippen LogP contribution in [-0.4, -0.2) is 12.1 Å². The molecule has 0 amide bonds. The van der Waals surface area contributed by atoms with Crippen molar-refractivity contribution in [1.29, 1.82) is 10.5 Å². The van der Waals surface area contributed by atoms with Crippen molar-refractivity contribution in [2.45, 2.75) is 12.8 Å². The van der Waals surface area contributed by atoms with Gasteiger partial charge in [0.2, 0.25) is 0 Å². The number of hydrogen-bond donors (Lipinski definition) is 0. The molecule has 0 aliphatic rings. The van der Waals surface area contributed by atoms with Gasteiger partial charge in [-0.1, -0.05) is 48.5 Å². The molecular formula is C18H14N2O2. The topological polar surface area (TPSA) is 81.7 Å². The molecule has 4 nitrogen and oxygen atoms in total. The van der Waals surface area contributed by atoms with Gasteiger partial charge in [0.05, 0.1) is 17.7 Å². The first kappa shape index (κ1) is 16.8. The van der Waals surface area contributed by atoms with E-state index in [2.05, 4.69) is 0 Å². The van der Waals surface area contributed by atoms with E-state index in [0.29, 0.717) is 17.4 Å². The van der Waals surface area contributed by atoms with Crippen molar-refractivity contribution in [2.75, 3.05) is 0 Å². The first-order chi connectivity index (χ1) is 10.6. The minimum Gasteiger partial charge on any atom is -0.302 e. The van der Waals surface area contributed by atoms with Crippen LogP contribution in [0.15, 0.2) is 54.6 Å². The summed E-state index contributed by atoms with van der Waals surface area (Å²) in [6.45, 7) is 1.45. The number of nitrogens with zero attached hydrogens (tertiary/aromatic N) is 2. The summed E-state index contributed by atoms with van der Waals surface area (Å²) in [5, 5.41) is 17.1. The predicted octanol–water partition coefficient (Wildman–Crippen LogP) is 3.25. The molecule has 1 atom stereocenters. The van der Waals surface area contributed by atoms with Crippen molar-refractivity contribution in [1.82, 2.24) is 0 Å². The molecule has 22 heavy (non-hydrogen) atoms. The highest BCUT2D eigenvalue weighted by molar-refractivity contribution is 5.96. The summed E-state index contributed by atoms with van der Waals surface area (Å²) in [6.07, 6.45) is 0.648. The molecule has 0 bridgehead atoms. The van der Waals surface area contributed by atoms with Gasteiger partial charge in [0.25, 0.3) is 0 Å². The van der Waals surface area contributed by atoms with Gasteiger partial charge in [-0.3, -0.25) is 4.79 Å². The molecule has 0 heterocycles. The van der Waals surface area contributed by atoms with Crippen molar-refractivity contribution in [2.24, 2.45) is 0 Å². The van der Waals surface area contributed by atoms with Crippen LogP contribution in [0.1, 0.15) is 34.3 Å². The highest BCUT2D eigenvalue weighted by Gasteiger charge is 2.06. The summed E-state index contributed by atoms with van der Waals surface area (Å²) in [7, 11) is 0. The lowest BCUT2D eigenvalue weighted by Gasteiger charge is -1.98. The standard InChI is InChI=1S/2C9H7NO/c1-7(11)9-5-3-2-4-8(9)6-10;10-6-9(7-11)8-4-2-1-3-5-8/h2-5H,1H3;1-5,7,9H. The Morgan fingerprint density at radius 3 is 2.09 bits per heavy atom. The quantitative estimate of drug-likeness (QED) is 0.641. The summed E-state index contributed by atoms with van der Waals surface area (Å²) >= 11 is 0. The van der Waals surface area contributed by atoms with E-state index >= 15 is 0 Å². The molecule has 0 saturated carbocycles. The van der Waals surface area contributed by atoms with Crippen LogP contribution in [0, 0.1) is 22.7 Å². The maximum absolute atomic E-state index is 10.9. The average molecular weight is 290 g/mol. The van der Waals surface area contributed by atoms with Crippen LogP contribution in [0.25, 0.3) is 0 Å². The Labute approximate surface area is 129 Å². The molecule has 0 aliphatic heterocycles. The zero-order chi connectivity index (χ0) is 16.4. The van der Waals surface area contributed by atoms with Crippen molar-refractivity contribution in [3.05, 3.63) is 71.3 Å². The number of aldehydes is 1. The van der Waals surface area contributed by atoms with Crippen LogP contribution in [0.4, 0.5) is 0 Å². The second-order valence-electron chi connectivity index (χ2n) is 4.37. The van der Waals surface area contributed by atoms with Crippen LogP contribution in [0.2, 0.25) is 0 Å². The van der Waals surface area contributed by atoms with Gasteiger partial charge in [0.15, 0.2) is 5.78 Å². The number of carbonyl (C=O) groups excluding carboxylic acids is 2. The summed E-state index contributed by atoms with van der Waals surface area (Å²) in [5.41, 5.74) is 1.69. The number of carbonyl (C=O) groups is 2. The highest BCUT2D eigenvalue weighted by Crippen LogP contribution is 2.10. The van der Waals surface area contributed by atoms with Gasteiger partial charge in [-0.2, -0.15) is 10.5 Å². The first-order valence-electron chi connectivity index (χ1n) is 6.54. The summed E-state index contributed by atoms with van der Waals surface area (Å²) in [4.78, 5) is 21.2. The Hall–Kier alpha value is -3.24. The Bertz CT molecular complexity index is 725. The number of benzene rings is 2. The number of nitriles is 2. The van der Waals surface area contributed by atoms with Crippen molar-refractivity contribution >= 4 is 12.1 Å². The Balaban J connectivity index is 0.000000220. The second kappa shape index (κ2) is 8.84. The first-order valence-corrected chi connectivity index (χ1v) is 6.54. The normalized spacial score (nSPS) is 10.1. The fraction of sp³-hybridized carbons (Fsp3) is 0.111. The molecule has 0 radical (unpaired) electrons. The van der Waals surface area contributed by atoms with Gasteiger partial charge in [-0.15, -0.1) is 0 Å². The van der Waals surface area contributed by atoms with Crippen LogP contribution >= 0.6 is 0 Å². The molecule has 0 saturated heterocycles. The van der Waals surface area contributed by atoms with E-state index in [1.807, 2.05) is 30.3 Å². The van der Waals surface area contributed by atoms with Crippen molar-refractivity contribution in [3.8, 4) is 12.1 Å². The minimum atomic E-state index is -0.615. The number of ketones is 1. The predicted molar refractivity (Wildman–Crippen MR) is 82.0 cm³/mol. The smallest absolute Gasteiger partial charge is 0.161 e. The molecule has 0 aliphatic carbocycles. The lowest BCUT2D eigenvalue weighted by Crippen LogP contribution is -1.95. The van der Waals surface area contributed by atoms with E-state index in [4.69, 9.17) is 10.5 Å². The fourth-order valence-electron chi connectivity index (χ4n) is 1.73. The number of Topliss-reactive ketones (excluding diaryl/α,β-unsaturated/α-hetero) is 1. The zero-order valence-electron chi connectivity index (χ0n) is 12.1. The van der Waals surface area contributed by atoms with Gasteiger partial charge in [0, 0.05) is 5.56 Å². The van der Waals surface area contributed by atoms with E-state index < -0.39 is 5.92 Å². The number of hydrogen-bond acceptors (Lipinski definition) is 4. The molecule has 0 spiro atoms. The molecule has 0 fully saturated rings.